The van der Waals surface area contributed by atoms with Crippen molar-refractivity contribution in [3.8, 4) is 0 Å². The number of hydrogen-bond donors (Lipinski definition) is 1. The van der Waals surface area contributed by atoms with Crippen LogP contribution in [0.4, 0.5) is 0 Å². The lowest BCUT2D eigenvalue weighted by atomic mass is 9.82. The Labute approximate surface area is 104 Å². The minimum atomic E-state index is 0.234. The maximum absolute atomic E-state index is 5.60. The van der Waals surface area contributed by atoms with Crippen molar-refractivity contribution in [2.75, 3.05) is 6.54 Å². The van der Waals surface area contributed by atoms with Crippen molar-refractivity contribution in [2.45, 2.75) is 57.4 Å². The van der Waals surface area contributed by atoms with Gasteiger partial charge < -0.3 is 9.73 Å². The Bertz CT molecular complexity index is 415. The Hall–Kier alpha value is -0.760. The van der Waals surface area contributed by atoms with E-state index in [1.54, 1.807) is 0 Å². The van der Waals surface area contributed by atoms with Gasteiger partial charge in [0.1, 0.15) is 5.76 Å². The lowest BCUT2D eigenvalue weighted by molar-refractivity contribution is 0.383. The second kappa shape index (κ2) is 3.61. The van der Waals surface area contributed by atoms with Crippen LogP contribution in [0.3, 0.4) is 0 Å². The first kappa shape index (κ1) is 11.3. The number of rotatable bonds is 2. The zero-order valence-electron chi connectivity index (χ0n) is 11.2. The summed E-state index contributed by atoms with van der Waals surface area (Å²) in [6, 6.07) is 2.21. The Morgan fingerprint density at radius 1 is 1.47 bits per heavy atom. The molecule has 2 aliphatic rings. The molecular formula is C15H23NO. The molecule has 2 atom stereocenters. The average molecular weight is 233 g/mol. The van der Waals surface area contributed by atoms with Crippen molar-refractivity contribution >= 4 is 0 Å². The molecule has 1 aromatic rings. The fourth-order valence-electron chi connectivity index (χ4n) is 3.39. The van der Waals surface area contributed by atoms with E-state index in [4.69, 9.17) is 4.42 Å². The highest BCUT2D eigenvalue weighted by atomic mass is 16.3. The predicted octanol–water partition coefficient (Wildman–Crippen LogP) is 3.26. The molecule has 2 nitrogen and oxygen atoms in total. The van der Waals surface area contributed by atoms with Crippen LogP contribution < -0.4 is 5.32 Å². The van der Waals surface area contributed by atoms with E-state index in [0.29, 0.717) is 5.41 Å². The van der Waals surface area contributed by atoms with Gasteiger partial charge in [-0.3, -0.25) is 0 Å². The van der Waals surface area contributed by atoms with Crippen LogP contribution in [0, 0.1) is 5.92 Å². The minimum absolute atomic E-state index is 0.234. The van der Waals surface area contributed by atoms with Crippen LogP contribution in [0.25, 0.3) is 0 Å². The molecular weight excluding hydrogens is 210 g/mol. The molecule has 0 aliphatic heterocycles. The first-order valence-corrected chi connectivity index (χ1v) is 6.83. The van der Waals surface area contributed by atoms with Gasteiger partial charge in [0.2, 0.25) is 0 Å². The summed E-state index contributed by atoms with van der Waals surface area (Å²) >= 11 is 0. The van der Waals surface area contributed by atoms with Gasteiger partial charge in [-0.2, -0.15) is 0 Å². The van der Waals surface area contributed by atoms with Crippen molar-refractivity contribution in [1.29, 1.82) is 0 Å². The van der Waals surface area contributed by atoms with Gasteiger partial charge in [-0.05, 0) is 58.6 Å². The summed E-state index contributed by atoms with van der Waals surface area (Å²) in [7, 11) is 0. The topological polar surface area (TPSA) is 25.2 Å². The monoisotopic (exact) mass is 233 g/mol. The Balaban J connectivity index is 1.71. The maximum Gasteiger partial charge on any atom is 0.107 e. The Morgan fingerprint density at radius 3 is 3.06 bits per heavy atom. The van der Waals surface area contributed by atoms with Crippen molar-refractivity contribution in [3.63, 3.8) is 0 Å². The first-order valence-electron chi connectivity index (χ1n) is 6.83. The molecule has 2 aliphatic carbocycles. The molecule has 2 heteroatoms. The van der Waals surface area contributed by atoms with Gasteiger partial charge in [0.25, 0.3) is 0 Å². The molecule has 3 rings (SSSR count). The molecule has 2 unspecified atom stereocenters. The van der Waals surface area contributed by atoms with Gasteiger partial charge >= 0.3 is 0 Å². The third kappa shape index (κ3) is 1.93. The molecule has 0 radical (unpaired) electrons. The van der Waals surface area contributed by atoms with Crippen molar-refractivity contribution < 1.29 is 4.42 Å². The quantitative estimate of drug-likeness (QED) is 0.848. The summed E-state index contributed by atoms with van der Waals surface area (Å²) < 4.78 is 5.60. The first-order chi connectivity index (χ1) is 8.01. The molecule has 1 heterocycles. The molecule has 0 bridgehead atoms. The molecule has 1 N–H and O–H groups in total. The fraction of sp³-hybridized carbons (Fsp3) is 0.733. The van der Waals surface area contributed by atoms with Gasteiger partial charge in [0.15, 0.2) is 0 Å². The lowest BCUT2D eigenvalue weighted by Gasteiger charge is -2.25. The van der Waals surface area contributed by atoms with Gasteiger partial charge in [-0.25, -0.2) is 0 Å². The Morgan fingerprint density at radius 2 is 2.29 bits per heavy atom. The van der Waals surface area contributed by atoms with Gasteiger partial charge in [0.05, 0.1) is 6.26 Å². The molecule has 17 heavy (non-hydrogen) atoms. The average Bonchev–Trinajstić information content (AvgIpc) is 2.71. The van der Waals surface area contributed by atoms with E-state index in [-0.39, 0.29) is 5.54 Å². The molecule has 1 fully saturated rings. The van der Waals surface area contributed by atoms with E-state index in [1.165, 1.54) is 30.6 Å². The van der Waals surface area contributed by atoms with Crippen molar-refractivity contribution in [1.82, 2.24) is 5.32 Å². The summed E-state index contributed by atoms with van der Waals surface area (Å²) in [6.45, 7) is 7.87. The number of furan rings is 1. The molecule has 0 aromatic carbocycles. The van der Waals surface area contributed by atoms with Crippen molar-refractivity contribution in [2.24, 2.45) is 5.92 Å². The maximum atomic E-state index is 5.60. The SMILES string of the molecule is CC(C)(C)NCC1CC12CCCc1occc12. The van der Waals surface area contributed by atoms with Crippen LogP contribution >= 0.6 is 0 Å². The van der Waals surface area contributed by atoms with Gasteiger partial charge in [-0.1, -0.05) is 0 Å². The summed E-state index contributed by atoms with van der Waals surface area (Å²) in [5.74, 6) is 2.08. The van der Waals surface area contributed by atoms with E-state index >= 15 is 0 Å². The Kier molecular flexibility index (Phi) is 2.41. The number of nitrogens with one attached hydrogen (secondary N) is 1. The molecule has 1 spiro atoms. The van der Waals surface area contributed by atoms with Crippen LogP contribution in [0.15, 0.2) is 16.7 Å². The minimum Gasteiger partial charge on any atom is -0.469 e. The summed E-state index contributed by atoms with van der Waals surface area (Å²) in [5, 5.41) is 3.65. The molecule has 94 valence electrons. The third-order valence-electron chi connectivity index (χ3n) is 4.42. The summed E-state index contributed by atoms with van der Waals surface area (Å²) in [4.78, 5) is 0. The van der Waals surface area contributed by atoms with E-state index in [1.807, 2.05) is 6.26 Å². The molecule has 0 saturated heterocycles. The highest BCUT2D eigenvalue weighted by Crippen LogP contribution is 2.60. The fourth-order valence-corrected chi connectivity index (χ4v) is 3.39. The van der Waals surface area contributed by atoms with Crippen molar-refractivity contribution in [3.05, 3.63) is 23.7 Å². The highest BCUT2D eigenvalue weighted by Gasteiger charge is 2.57. The van der Waals surface area contributed by atoms with Gasteiger partial charge in [0, 0.05) is 22.9 Å². The van der Waals surface area contributed by atoms with Crippen LogP contribution in [0.2, 0.25) is 0 Å². The summed E-state index contributed by atoms with van der Waals surface area (Å²) in [6.07, 6.45) is 7.03. The van der Waals surface area contributed by atoms with Crippen LogP contribution in [-0.4, -0.2) is 12.1 Å². The molecule has 0 amide bonds. The van der Waals surface area contributed by atoms with Crippen LogP contribution in [0.1, 0.15) is 51.4 Å². The second-order valence-corrected chi connectivity index (χ2v) is 6.80. The van der Waals surface area contributed by atoms with E-state index in [0.717, 1.165) is 18.9 Å². The number of hydrogen-bond acceptors (Lipinski definition) is 2. The van der Waals surface area contributed by atoms with E-state index in [2.05, 4.69) is 32.2 Å². The second-order valence-electron chi connectivity index (χ2n) is 6.80. The predicted molar refractivity (Wildman–Crippen MR) is 69.2 cm³/mol. The smallest absolute Gasteiger partial charge is 0.107 e. The third-order valence-corrected chi connectivity index (χ3v) is 4.42. The largest absolute Gasteiger partial charge is 0.469 e. The zero-order valence-corrected chi connectivity index (χ0v) is 11.2. The zero-order chi connectivity index (χ0) is 12.1. The van der Waals surface area contributed by atoms with E-state index < -0.39 is 0 Å². The lowest BCUT2D eigenvalue weighted by Crippen LogP contribution is -2.38. The van der Waals surface area contributed by atoms with Crippen LogP contribution in [0.5, 0.6) is 0 Å². The number of fused-ring (bicyclic) bond motifs is 2. The summed E-state index contributed by atoms with van der Waals surface area (Å²) in [5.41, 5.74) is 2.22. The molecule has 1 saturated carbocycles. The van der Waals surface area contributed by atoms with Gasteiger partial charge in [-0.15, -0.1) is 0 Å². The van der Waals surface area contributed by atoms with Crippen LogP contribution in [-0.2, 0) is 11.8 Å². The highest BCUT2D eigenvalue weighted by molar-refractivity contribution is 5.38. The molecule has 1 aromatic heterocycles. The van der Waals surface area contributed by atoms with E-state index in [9.17, 15) is 0 Å². The normalized spacial score (nSPS) is 31.6. The standard InChI is InChI=1S/C15H23NO/c1-14(2,3)16-10-11-9-15(11)7-4-5-13-12(15)6-8-17-13/h6,8,11,16H,4-5,7,9-10H2,1-3H3. The number of aryl methyl sites for hydroxylation is 1.